The van der Waals surface area contributed by atoms with E-state index >= 15 is 0 Å². The molecular weight excluding hydrogens is 326 g/mol. The molecule has 0 fully saturated rings. The van der Waals surface area contributed by atoms with Gasteiger partial charge in [-0.1, -0.05) is 49.7 Å². The lowest BCUT2D eigenvalue weighted by molar-refractivity contribution is 0.0729. The van der Waals surface area contributed by atoms with Gasteiger partial charge in [0.25, 0.3) is 5.91 Å². The Morgan fingerprint density at radius 3 is 2.19 bits per heavy atom. The Kier molecular flexibility index (Phi) is 5.86. The first-order valence-corrected chi connectivity index (χ1v) is 8.78. The molecule has 0 aliphatic carbocycles. The number of amides is 1. The molecule has 0 aliphatic rings. The molecule has 0 saturated carbocycles. The maximum absolute atomic E-state index is 13.2. The van der Waals surface area contributed by atoms with Crippen LogP contribution in [0.3, 0.4) is 0 Å². The lowest BCUT2D eigenvalue weighted by Crippen LogP contribution is -2.56. The summed E-state index contributed by atoms with van der Waals surface area (Å²) >= 11 is 0. The molecule has 0 heterocycles. The topological polar surface area (TPSA) is 55.4 Å². The number of aryl methyl sites for hydroxylation is 1. The highest BCUT2D eigenvalue weighted by molar-refractivity contribution is 6.07. The zero-order valence-electron chi connectivity index (χ0n) is 16.3. The van der Waals surface area contributed by atoms with E-state index in [2.05, 4.69) is 5.32 Å². The van der Waals surface area contributed by atoms with Gasteiger partial charge in [-0.3, -0.25) is 9.59 Å². The minimum Gasteiger partial charge on any atom is -0.496 e. The number of methoxy groups -OCH3 is 1. The van der Waals surface area contributed by atoms with E-state index in [-0.39, 0.29) is 17.6 Å². The molecule has 2 aromatic carbocycles. The minimum atomic E-state index is -1.01. The molecule has 1 atom stereocenters. The summed E-state index contributed by atoms with van der Waals surface area (Å²) in [5, 5.41) is 2.97. The van der Waals surface area contributed by atoms with Crippen LogP contribution in [0.2, 0.25) is 0 Å². The van der Waals surface area contributed by atoms with E-state index in [1.165, 1.54) is 0 Å². The molecule has 2 rings (SSSR count). The molecule has 1 N–H and O–H groups in total. The van der Waals surface area contributed by atoms with Crippen molar-refractivity contribution < 1.29 is 14.3 Å². The van der Waals surface area contributed by atoms with Crippen LogP contribution >= 0.6 is 0 Å². The second-order valence-corrected chi connectivity index (χ2v) is 7.14. The first-order chi connectivity index (χ1) is 12.2. The second-order valence-electron chi connectivity index (χ2n) is 7.14. The standard InChI is InChI=1S/C22H27NO3/c1-14(2)22(5,20(24)17-12-10-15(3)11-13-17)23-21(25)18-8-7-9-19(26-6)16(18)4/h7-14H,1-6H3,(H,23,25). The van der Waals surface area contributed by atoms with Crippen molar-refractivity contribution in [2.75, 3.05) is 7.11 Å². The fourth-order valence-corrected chi connectivity index (χ4v) is 2.85. The van der Waals surface area contributed by atoms with Gasteiger partial charge in [-0.25, -0.2) is 0 Å². The first kappa shape index (κ1) is 19.7. The van der Waals surface area contributed by atoms with Crippen LogP contribution in [-0.4, -0.2) is 24.3 Å². The molecular formula is C22H27NO3. The molecule has 0 bridgehead atoms. The fourth-order valence-electron chi connectivity index (χ4n) is 2.85. The first-order valence-electron chi connectivity index (χ1n) is 8.78. The van der Waals surface area contributed by atoms with Gasteiger partial charge in [0.2, 0.25) is 0 Å². The highest BCUT2D eigenvalue weighted by Gasteiger charge is 2.39. The summed E-state index contributed by atoms with van der Waals surface area (Å²) < 4.78 is 5.29. The van der Waals surface area contributed by atoms with Crippen molar-refractivity contribution in [3.05, 3.63) is 64.7 Å². The van der Waals surface area contributed by atoms with Crippen molar-refractivity contribution in [1.82, 2.24) is 5.32 Å². The Balaban J connectivity index is 2.36. The Labute approximate surface area is 155 Å². The summed E-state index contributed by atoms with van der Waals surface area (Å²) in [6.07, 6.45) is 0. The van der Waals surface area contributed by atoms with Gasteiger partial charge in [0.1, 0.15) is 11.3 Å². The van der Waals surface area contributed by atoms with Gasteiger partial charge >= 0.3 is 0 Å². The predicted octanol–water partition coefficient (Wildman–Crippen LogP) is 4.34. The van der Waals surface area contributed by atoms with Crippen LogP contribution in [0.4, 0.5) is 0 Å². The van der Waals surface area contributed by atoms with Gasteiger partial charge in [0.15, 0.2) is 5.78 Å². The quantitative estimate of drug-likeness (QED) is 0.786. The number of rotatable bonds is 6. The minimum absolute atomic E-state index is 0.0776. The van der Waals surface area contributed by atoms with Crippen LogP contribution in [-0.2, 0) is 0 Å². The van der Waals surface area contributed by atoms with Crippen molar-refractivity contribution in [3.8, 4) is 5.75 Å². The van der Waals surface area contributed by atoms with Crippen LogP contribution in [0, 0.1) is 19.8 Å². The van der Waals surface area contributed by atoms with Gasteiger partial charge in [-0.15, -0.1) is 0 Å². The third-order valence-electron chi connectivity index (χ3n) is 5.06. The summed E-state index contributed by atoms with van der Waals surface area (Å²) in [6, 6.07) is 12.7. The molecule has 138 valence electrons. The van der Waals surface area contributed by atoms with Crippen molar-refractivity contribution in [3.63, 3.8) is 0 Å². The molecule has 26 heavy (non-hydrogen) atoms. The summed E-state index contributed by atoms with van der Waals surface area (Å²) in [5.74, 6) is 0.194. The second kappa shape index (κ2) is 7.73. The van der Waals surface area contributed by atoms with E-state index < -0.39 is 5.54 Å². The average Bonchev–Trinajstić information content (AvgIpc) is 2.61. The monoisotopic (exact) mass is 353 g/mol. The highest BCUT2D eigenvalue weighted by atomic mass is 16.5. The number of hydrogen-bond acceptors (Lipinski definition) is 3. The number of Topliss-reactive ketones (excluding diaryl/α,β-unsaturated/α-hetero) is 1. The third-order valence-corrected chi connectivity index (χ3v) is 5.06. The molecule has 1 amide bonds. The molecule has 0 aromatic heterocycles. The Morgan fingerprint density at radius 2 is 1.65 bits per heavy atom. The van der Waals surface area contributed by atoms with Crippen molar-refractivity contribution in [2.45, 2.75) is 40.2 Å². The Bertz CT molecular complexity index is 809. The summed E-state index contributed by atoms with van der Waals surface area (Å²) in [6.45, 7) is 9.47. The zero-order valence-corrected chi connectivity index (χ0v) is 16.3. The maximum Gasteiger partial charge on any atom is 0.252 e. The SMILES string of the molecule is COc1cccc(C(=O)NC(C)(C(=O)c2ccc(C)cc2)C(C)C)c1C. The Hall–Kier alpha value is -2.62. The number of carbonyl (C=O) groups is 2. The lowest BCUT2D eigenvalue weighted by atomic mass is 9.81. The molecule has 0 spiro atoms. The van der Waals surface area contributed by atoms with Gasteiger partial charge in [-0.2, -0.15) is 0 Å². The van der Waals surface area contributed by atoms with Crippen molar-refractivity contribution in [2.24, 2.45) is 5.92 Å². The van der Waals surface area contributed by atoms with E-state index in [1.54, 1.807) is 38.3 Å². The zero-order chi connectivity index (χ0) is 19.5. The van der Waals surface area contributed by atoms with Crippen molar-refractivity contribution in [1.29, 1.82) is 0 Å². The molecule has 4 heteroatoms. The fraction of sp³-hybridized carbons (Fsp3) is 0.364. The number of carbonyl (C=O) groups excluding carboxylic acids is 2. The van der Waals surface area contributed by atoms with Gasteiger partial charge in [-0.05, 0) is 38.8 Å². The van der Waals surface area contributed by atoms with Crippen LogP contribution in [0.5, 0.6) is 5.75 Å². The molecule has 0 radical (unpaired) electrons. The predicted molar refractivity (Wildman–Crippen MR) is 104 cm³/mol. The van der Waals surface area contributed by atoms with Crippen molar-refractivity contribution >= 4 is 11.7 Å². The number of hydrogen-bond donors (Lipinski definition) is 1. The number of ether oxygens (including phenoxy) is 1. The normalized spacial score (nSPS) is 13.2. The maximum atomic E-state index is 13.2. The van der Waals surface area contributed by atoms with Crippen LogP contribution in [0.1, 0.15) is 52.6 Å². The lowest BCUT2D eigenvalue weighted by Gasteiger charge is -2.33. The van der Waals surface area contributed by atoms with Gasteiger partial charge < -0.3 is 10.1 Å². The number of benzene rings is 2. The van der Waals surface area contributed by atoms with E-state index in [0.29, 0.717) is 16.9 Å². The van der Waals surface area contributed by atoms with Gasteiger partial charge in [0, 0.05) is 16.7 Å². The van der Waals surface area contributed by atoms with E-state index in [4.69, 9.17) is 4.74 Å². The molecule has 1 unspecified atom stereocenters. The average molecular weight is 353 g/mol. The summed E-state index contributed by atoms with van der Waals surface area (Å²) in [5.41, 5.74) is 1.93. The smallest absolute Gasteiger partial charge is 0.252 e. The largest absolute Gasteiger partial charge is 0.496 e. The molecule has 0 aliphatic heterocycles. The van der Waals surface area contributed by atoms with Gasteiger partial charge in [0.05, 0.1) is 7.11 Å². The van der Waals surface area contributed by atoms with Crippen LogP contribution in [0.25, 0.3) is 0 Å². The molecule has 2 aromatic rings. The molecule has 0 saturated heterocycles. The van der Waals surface area contributed by atoms with Crippen LogP contribution < -0.4 is 10.1 Å². The summed E-state index contributed by atoms with van der Waals surface area (Å²) in [4.78, 5) is 26.1. The summed E-state index contributed by atoms with van der Waals surface area (Å²) in [7, 11) is 1.57. The Morgan fingerprint density at radius 1 is 1.04 bits per heavy atom. The van der Waals surface area contributed by atoms with E-state index in [0.717, 1.165) is 11.1 Å². The number of ketones is 1. The number of nitrogens with one attached hydrogen (secondary N) is 1. The third kappa shape index (κ3) is 3.79. The highest BCUT2D eigenvalue weighted by Crippen LogP contribution is 2.25. The van der Waals surface area contributed by atoms with E-state index in [9.17, 15) is 9.59 Å². The van der Waals surface area contributed by atoms with E-state index in [1.807, 2.05) is 45.9 Å². The molecule has 4 nitrogen and oxygen atoms in total. The van der Waals surface area contributed by atoms with Crippen LogP contribution in [0.15, 0.2) is 42.5 Å².